The number of ether oxygens (including phenoxy) is 2. The first kappa shape index (κ1) is 19.1. The number of aliphatic carboxylic acids is 1. The molecular weight excluding hydrogens is 346 g/mol. The van der Waals surface area contributed by atoms with Crippen LogP contribution in [-0.2, 0) is 10.2 Å². The predicted octanol–water partition coefficient (Wildman–Crippen LogP) is 2.44. The summed E-state index contributed by atoms with van der Waals surface area (Å²) in [7, 11) is 0. The van der Waals surface area contributed by atoms with Crippen LogP contribution in [0, 0.1) is 0 Å². The maximum atomic E-state index is 11.4. The van der Waals surface area contributed by atoms with Crippen LogP contribution < -0.4 is 20.3 Å². The molecule has 7 heteroatoms. The molecule has 3 rings (SSSR count). The summed E-state index contributed by atoms with van der Waals surface area (Å²) in [5, 5.41) is 9.34. The van der Waals surface area contributed by atoms with Crippen molar-refractivity contribution in [2.45, 2.75) is 31.7 Å². The Morgan fingerprint density at radius 3 is 2.63 bits per heavy atom. The highest BCUT2D eigenvalue weighted by molar-refractivity contribution is 5.80. The number of hydrogen-bond donors (Lipinski definition) is 3. The zero-order valence-electron chi connectivity index (χ0n) is 15.6. The predicted molar refractivity (Wildman–Crippen MR) is 101 cm³/mol. The van der Waals surface area contributed by atoms with E-state index < -0.39 is 11.4 Å². The fourth-order valence-corrected chi connectivity index (χ4v) is 2.81. The number of carboxylic acid groups (broad SMARTS) is 1. The Morgan fingerprint density at radius 2 is 2.00 bits per heavy atom. The average Bonchev–Trinajstić information content (AvgIpc) is 3.20. The Balaban J connectivity index is 1.48. The molecule has 0 spiro atoms. The molecule has 1 aromatic heterocycles. The van der Waals surface area contributed by atoms with Gasteiger partial charge in [0.2, 0.25) is 0 Å². The summed E-state index contributed by atoms with van der Waals surface area (Å²) in [6.45, 7) is 5.01. The average molecular weight is 371 g/mol. The van der Waals surface area contributed by atoms with Gasteiger partial charge in [-0.15, -0.1) is 0 Å². The van der Waals surface area contributed by atoms with Crippen LogP contribution in [0.1, 0.15) is 37.6 Å². The van der Waals surface area contributed by atoms with Crippen LogP contribution >= 0.6 is 0 Å². The molecule has 144 valence electrons. The Hall–Kier alpha value is -2.64. The van der Waals surface area contributed by atoms with E-state index >= 15 is 0 Å². The third kappa shape index (κ3) is 4.75. The Labute approximate surface area is 158 Å². The van der Waals surface area contributed by atoms with E-state index in [-0.39, 0.29) is 6.04 Å². The van der Waals surface area contributed by atoms with Crippen LogP contribution in [0.3, 0.4) is 0 Å². The number of aromatic nitrogens is 1. The quantitative estimate of drug-likeness (QED) is 0.614. The molecule has 0 amide bonds. The van der Waals surface area contributed by atoms with Gasteiger partial charge >= 0.3 is 5.97 Å². The van der Waals surface area contributed by atoms with Gasteiger partial charge in [-0.3, -0.25) is 15.2 Å². The van der Waals surface area contributed by atoms with E-state index in [2.05, 4.69) is 15.8 Å². The molecule has 0 aliphatic carbocycles. The summed E-state index contributed by atoms with van der Waals surface area (Å²) in [4.78, 5) is 15.8. The minimum atomic E-state index is -0.965. The van der Waals surface area contributed by atoms with E-state index in [1.54, 1.807) is 44.3 Å². The van der Waals surface area contributed by atoms with E-state index in [0.29, 0.717) is 30.3 Å². The maximum Gasteiger partial charge on any atom is 0.313 e. The van der Waals surface area contributed by atoms with Crippen molar-refractivity contribution in [1.82, 2.24) is 15.8 Å². The van der Waals surface area contributed by atoms with Crippen molar-refractivity contribution in [3.8, 4) is 11.5 Å². The molecule has 1 aromatic carbocycles. The fraction of sp³-hybridized carbons (Fsp3) is 0.400. The largest absolute Gasteiger partial charge is 0.490 e. The number of rotatable bonds is 8. The highest BCUT2D eigenvalue weighted by Crippen LogP contribution is 2.26. The van der Waals surface area contributed by atoms with Crippen LogP contribution in [0.5, 0.6) is 11.5 Å². The van der Waals surface area contributed by atoms with Crippen molar-refractivity contribution < 1.29 is 19.4 Å². The lowest BCUT2D eigenvalue weighted by Crippen LogP contribution is -2.28. The maximum absolute atomic E-state index is 11.4. The van der Waals surface area contributed by atoms with Crippen LogP contribution in [-0.4, -0.2) is 35.8 Å². The van der Waals surface area contributed by atoms with Crippen LogP contribution in [0.15, 0.2) is 42.6 Å². The molecule has 1 atom stereocenters. The second kappa shape index (κ2) is 8.37. The smallest absolute Gasteiger partial charge is 0.313 e. The van der Waals surface area contributed by atoms with E-state index in [1.807, 2.05) is 12.1 Å². The van der Waals surface area contributed by atoms with Gasteiger partial charge in [0.05, 0.1) is 23.3 Å². The Morgan fingerprint density at radius 1 is 1.22 bits per heavy atom. The molecule has 1 aliphatic heterocycles. The van der Waals surface area contributed by atoms with E-state index in [4.69, 9.17) is 9.47 Å². The van der Waals surface area contributed by atoms with Gasteiger partial charge in [-0.05, 0) is 50.1 Å². The minimum absolute atomic E-state index is 0.240. The van der Waals surface area contributed by atoms with Gasteiger partial charge in [0.15, 0.2) is 0 Å². The van der Waals surface area contributed by atoms with Crippen LogP contribution in [0.25, 0.3) is 0 Å². The summed E-state index contributed by atoms with van der Waals surface area (Å²) in [5.41, 5.74) is 6.99. The normalized spacial score (nSPS) is 16.9. The molecule has 27 heavy (non-hydrogen) atoms. The standard InChI is InChI=1S/C20H25N3O4/c1-20(2,19(24)25)14-4-3-5-15(12-14)26-10-11-27-16-6-7-17(21-13-16)18-8-9-22-23-18/h3-7,12-13,18,22-23H,8-11H2,1-2H3,(H,24,25). The molecule has 0 bridgehead atoms. The monoisotopic (exact) mass is 371 g/mol. The highest BCUT2D eigenvalue weighted by Gasteiger charge is 2.29. The molecule has 2 heterocycles. The number of hydrogen-bond acceptors (Lipinski definition) is 6. The lowest BCUT2D eigenvalue weighted by molar-refractivity contribution is -0.142. The molecule has 1 saturated heterocycles. The summed E-state index contributed by atoms with van der Waals surface area (Å²) < 4.78 is 11.4. The number of nitrogens with one attached hydrogen (secondary N) is 2. The Bertz CT molecular complexity index is 771. The minimum Gasteiger partial charge on any atom is -0.490 e. The van der Waals surface area contributed by atoms with Crippen LogP contribution in [0.2, 0.25) is 0 Å². The SMILES string of the molecule is CC(C)(C(=O)O)c1cccc(OCCOc2ccc(C3CCNN3)nc2)c1. The number of hydrazine groups is 1. The number of benzene rings is 1. The summed E-state index contributed by atoms with van der Waals surface area (Å²) in [6, 6.07) is 11.2. The van der Waals surface area contributed by atoms with Crippen molar-refractivity contribution >= 4 is 5.97 Å². The summed E-state index contributed by atoms with van der Waals surface area (Å²) in [6.07, 6.45) is 2.73. The number of pyridine rings is 1. The van der Waals surface area contributed by atoms with Crippen molar-refractivity contribution in [2.75, 3.05) is 19.8 Å². The molecule has 7 nitrogen and oxygen atoms in total. The lowest BCUT2D eigenvalue weighted by atomic mass is 9.85. The van der Waals surface area contributed by atoms with Gasteiger partial charge < -0.3 is 14.6 Å². The first-order valence-electron chi connectivity index (χ1n) is 9.01. The van der Waals surface area contributed by atoms with Gasteiger partial charge in [0, 0.05) is 6.54 Å². The van der Waals surface area contributed by atoms with E-state index in [0.717, 1.165) is 18.7 Å². The molecule has 1 aliphatic rings. The molecule has 1 unspecified atom stereocenters. The topological polar surface area (TPSA) is 92.7 Å². The molecule has 1 fully saturated rings. The molecule has 3 N–H and O–H groups in total. The van der Waals surface area contributed by atoms with Crippen molar-refractivity contribution in [3.05, 3.63) is 53.9 Å². The van der Waals surface area contributed by atoms with E-state index in [9.17, 15) is 9.90 Å². The van der Waals surface area contributed by atoms with Crippen molar-refractivity contribution in [1.29, 1.82) is 0 Å². The lowest BCUT2D eigenvalue weighted by Gasteiger charge is -2.20. The Kier molecular flexibility index (Phi) is 5.93. The van der Waals surface area contributed by atoms with Crippen molar-refractivity contribution in [2.24, 2.45) is 0 Å². The van der Waals surface area contributed by atoms with E-state index in [1.165, 1.54) is 0 Å². The first-order chi connectivity index (χ1) is 13.0. The van der Waals surface area contributed by atoms with Gasteiger partial charge in [-0.1, -0.05) is 12.1 Å². The van der Waals surface area contributed by atoms with Gasteiger partial charge in [0.1, 0.15) is 24.7 Å². The van der Waals surface area contributed by atoms with Gasteiger partial charge in [0.25, 0.3) is 0 Å². The summed E-state index contributed by atoms with van der Waals surface area (Å²) >= 11 is 0. The zero-order chi connectivity index (χ0) is 19.3. The molecule has 2 aromatic rings. The third-order valence-electron chi connectivity index (χ3n) is 4.66. The van der Waals surface area contributed by atoms with Crippen molar-refractivity contribution in [3.63, 3.8) is 0 Å². The number of carbonyl (C=O) groups is 1. The first-order valence-corrected chi connectivity index (χ1v) is 9.01. The molecule has 0 saturated carbocycles. The molecular formula is C20H25N3O4. The second-order valence-electron chi connectivity index (χ2n) is 6.99. The van der Waals surface area contributed by atoms with Gasteiger partial charge in [-0.25, -0.2) is 5.43 Å². The number of carboxylic acids is 1. The van der Waals surface area contributed by atoms with Gasteiger partial charge in [-0.2, -0.15) is 0 Å². The second-order valence-corrected chi connectivity index (χ2v) is 6.99. The fourth-order valence-electron chi connectivity index (χ4n) is 2.81. The highest BCUT2D eigenvalue weighted by atomic mass is 16.5. The molecule has 0 radical (unpaired) electrons. The summed E-state index contributed by atoms with van der Waals surface area (Å²) in [5.74, 6) is 0.440. The number of nitrogens with zero attached hydrogens (tertiary/aromatic N) is 1. The zero-order valence-corrected chi connectivity index (χ0v) is 15.6. The van der Waals surface area contributed by atoms with Crippen LogP contribution in [0.4, 0.5) is 0 Å². The third-order valence-corrected chi connectivity index (χ3v) is 4.66.